The van der Waals surface area contributed by atoms with E-state index >= 15 is 0 Å². The fraction of sp³-hybridized carbons (Fsp3) is 0.688. The van der Waals surface area contributed by atoms with Gasteiger partial charge in [0.1, 0.15) is 0 Å². The van der Waals surface area contributed by atoms with Crippen molar-refractivity contribution < 1.29 is 14.6 Å². The molecular weight excluding hydrogens is 310 g/mol. The third-order valence-electron chi connectivity index (χ3n) is 4.49. The van der Waals surface area contributed by atoms with Gasteiger partial charge in [-0.15, -0.1) is 0 Å². The average molecular weight is 335 g/mol. The van der Waals surface area contributed by atoms with E-state index in [1.165, 1.54) is 0 Å². The number of carboxylic acid groups (broad SMARTS) is 1. The van der Waals surface area contributed by atoms with Gasteiger partial charge in [-0.25, -0.2) is 9.97 Å². The van der Waals surface area contributed by atoms with Crippen LogP contribution < -0.4 is 4.90 Å². The Hall–Kier alpha value is -1.77. The van der Waals surface area contributed by atoms with Crippen molar-refractivity contribution in [2.24, 2.45) is 5.92 Å². The number of aromatic nitrogens is 2. The second-order valence-corrected chi connectivity index (χ2v) is 6.86. The maximum absolute atomic E-state index is 11.1. The van der Waals surface area contributed by atoms with Crippen molar-refractivity contribution in [1.82, 2.24) is 19.8 Å². The van der Waals surface area contributed by atoms with E-state index in [4.69, 9.17) is 9.84 Å². The zero-order valence-electron chi connectivity index (χ0n) is 14.3. The SMILES string of the molecule is CN(C)c1ncc(CN2C[C@@H]3COC[C@H](C2)N(CC(=O)O)C3)cn1. The molecule has 0 amide bonds. The largest absolute Gasteiger partial charge is 0.480 e. The molecule has 2 aliphatic rings. The highest BCUT2D eigenvalue weighted by Crippen LogP contribution is 2.21. The van der Waals surface area contributed by atoms with Crippen molar-refractivity contribution in [2.45, 2.75) is 12.6 Å². The zero-order chi connectivity index (χ0) is 17.1. The second kappa shape index (κ2) is 7.42. The summed E-state index contributed by atoms with van der Waals surface area (Å²) in [7, 11) is 3.84. The van der Waals surface area contributed by atoms with E-state index < -0.39 is 5.97 Å². The van der Waals surface area contributed by atoms with Gasteiger partial charge in [-0.05, 0) is 0 Å². The van der Waals surface area contributed by atoms with E-state index in [1.54, 1.807) is 0 Å². The summed E-state index contributed by atoms with van der Waals surface area (Å²) in [5.74, 6) is 0.258. The van der Waals surface area contributed by atoms with E-state index in [1.807, 2.05) is 36.3 Å². The summed E-state index contributed by atoms with van der Waals surface area (Å²) in [5, 5.41) is 9.13. The highest BCUT2D eigenvalue weighted by Gasteiger charge is 2.34. The molecule has 3 heterocycles. The molecule has 2 saturated heterocycles. The van der Waals surface area contributed by atoms with E-state index in [0.717, 1.165) is 31.7 Å². The number of hydrogen-bond donors (Lipinski definition) is 1. The Kier molecular flexibility index (Phi) is 5.27. The molecule has 0 aromatic carbocycles. The van der Waals surface area contributed by atoms with Gasteiger partial charge >= 0.3 is 5.97 Å². The molecule has 3 rings (SSSR count). The molecule has 1 aromatic rings. The van der Waals surface area contributed by atoms with E-state index in [0.29, 0.717) is 25.1 Å². The molecule has 0 unspecified atom stereocenters. The number of ether oxygens (including phenoxy) is 1. The van der Waals surface area contributed by atoms with Crippen molar-refractivity contribution >= 4 is 11.9 Å². The third kappa shape index (κ3) is 4.19. The van der Waals surface area contributed by atoms with Crippen molar-refractivity contribution in [1.29, 1.82) is 0 Å². The lowest BCUT2D eigenvalue weighted by molar-refractivity contribution is -0.139. The van der Waals surface area contributed by atoms with Gasteiger partial charge in [0, 0.05) is 70.2 Å². The summed E-state index contributed by atoms with van der Waals surface area (Å²) in [4.78, 5) is 26.1. The number of hydrogen-bond acceptors (Lipinski definition) is 7. The van der Waals surface area contributed by atoms with Gasteiger partial charge in [-0.1, -0.05) is 0 Å². The first-order valence-corrected chi connectivity index (χ1v) is 8.25. The Morgan fingerprint density at radius 3 is 2.71 bits per heavy atom. The maximum atomic E-state index is 11.1. The lowest BCUT2D eigenvalue weighted by Crippen LogP contribution is -2.45. The normalized spacial score (nSPS) is 25.2. The number of anilines is 1. The van der Waals surface area contributed by atoms with E-state index in [-0.39, 0.29) is 12.6 Å². The molecule has 0 radical (unpaired) electrons. The molecule has 8 heteroatoms. The van der Waals surface area contributed by atoms with Gasteiger partial charge in [-0.3, -0.25) is 14.6 Å². The van der Waals surface area contributed by atoms with Crippen LogP contribution >= 0.6 is 0 Å². The Bertz CT molecular complexity index is 565. The smallest absolute Gasteiger partial charge is 0.317 e. The molecule has 24 heavy (non-hydrogen) atoms. The van der Waals surface area contributed by atoms with Crippen molar-refractivity contribution in [3.05, 3.63) is 18.0 Å². The Labute approximate surface area is 142 Å². The first kappa shape index (κ1) is 17.1. The molecule has 1 N–H and O–H groups in total. The summed E-state index contributed by atoms with van der Waals surface area (Å²) in [6, 6.07) is 0.121. The summed E-state index contributed by atoms with van der Waals surface area (Å²) in [6.07, 6.45) is 3.74. The summed E-state index contributed by atoms with van der Waals surface area (Å²) in [6.45, 7) is 4.64. The molecule has 2 aliphatic heterocycles. The summed E-state index contributed by atoms with van der Waals surface area (Å²) >= 11 is 0. The van der Waals surface area contributed by atoms with Crippen molar-refractivity contribution in [3.8, 4) is 0 Å². The third-order valence-corrected chi connectivity index (χ3v) is 4.49. The first-order chi connectivity index (χ1) is 11.5. The molecule has 2 fully saturated rings. The zero-order valence-corrected chi connectivity index (χ0v) is 14.3. The van der Waals surface area contributed by atoms with Crippen LogP contribution in [0.5, 0.6) is 0 Å². The van der Waals surface area contributed by atoms with E-state index in [2.05, 4.69) is 14.9 Å². The first-order valence-electron chi connectivity index (χ1n) is 8.25. The van der Waals surface area contributed by atoms with Crippen LogP contribution in [0.3, 0.4) is 0 Å². The van der Waals surface area contributed by atoms with Crippen LogP contribution in [0, 0.1) is 5.92 Å². The van der Waals surface area contributed by atoms with Gasteiger partial charge in [0.25, 0.3) is 0 Å². The fourth-order valence-electron chi connectivity index (χ4n) is 3.44. The minimum atomic E-state index is -0.776. The Morgan fingerprint density at radius 1 is 1.29 bits per heavy atom. The van der Waals surface area contributed by atoms with Crippen molar-refractivity contribution in [3.63, 3.8) is 0 Å². The van der Waals surface area contributed by atoms with Gasteiger partial charge in [0.05, 0.1) is 19.8 Å². The number of fused-ring (bicyclic) bond motifs is 3. The average Bonchev–Trinajstić information content (AvgIpc) is 2.77. The standard InChI is InChI=1S/C16H25N5O3/c1-19(2)16-17-3-12(4-18-16)5-20-6-13-7-21(9-15(22)23)14(8-20)11-24-10-13/h3-4,13-14H,5-11H2,1-2H3,(H,22,23)/t13-,14-/m0/s1. The monoisotopic (exact) mass is 335 g/mol. The van der Waals surface area contributed by atoms with Gasteiger partial charge < -0.3 is 14.7 Å². The summed E-state index contributed by atoms with van der Waals surface area (Å²) < 4.78 is 5.72. The number of carbonyl (C=O) groups is 1. The fourth-order valence-corrected chi connectivity index (χ4v) is 3.44. The molecule has 8 nitrogen and oxygen atoms in total. The minimum absolute atomic E-state index is 0.0824. The van der Waals surface area contributed by atoms with Gasteiger partial charge in [0.15, 0.2) is 0 Å². The molecule has 0 saturated carbocycles. The van der Waals surface area contributed by atoms with E-state index in [9.17, 15) is 4.79 Å². The highest BCUT2D eigenvalue weighted by molar-refractivity contribution is 5.69. The van der Waals surface area contributed by atoms with Crippen LogP contribution in [0.25, 0.3) is 0 Å². The molecule has 1 aromatic heterocycles. The molecular formula is C16H25N5O3. The number of aliphatic carboxylic acids is 1. The number of carboxylic acids is 1. The molecule has 2 atom stereocenters. The van der Waals surface area contributed by atoms with Crippen LogP contribution in [-0.4, -0.2) is 90.4 Å². The van der Waals surface area contributed by atoms with Crippen LogP contribution in [0.4, 0.5) is 5.95 Å². The van der Waals surface area contributed by atoms with Gasteiger partial charge in [0.2, 0.25) is 5.95 Å². The predicted molar refractivity (Wildman–Crippen MR) is 88.9 cm³/mol. The summed E-state index contributed by atoms with van der Waals surface area (Å²) in [5.41, 5.74) is 1.08. The maximum Gasteiger partial charge on any atom is 0.317 e. The number of nitrogens with zero attached hydrogens (tertiary/aromatic N) is 5. The second-order valence-electron chi connectivity index (χ2n) is 6.86. The Morgan fingerprint density at radius 2 is 2.04 bits per heavy atom. The molecule has 0 spiro atoms. The molecule has 2 bridgehead atoms. The minimum Gasteiger partial charge on any atom is -0.480 e. The van der Waals surface area contributed by atoms with Crippen LogP contribution in [-0.2, 0) is 16.1 Å². The van der Waals surface area contributed by atoms with Gasteiger partial charge in [-0.2, -0.15) is 0 Å². The quantitative estimate of drug-likeness (QED) is 0.790. The molecule has 132 valence electrons. The Balaban J connectivity index is 1.67. The molecule has 0 aliphatic carbocycles. The van der Waals surface area contributed by atoms with Crippen LogP contribution in [0.15, 0.2) is 12.4 Å². The van der Waals surface area contributed by atoms with Crippen molar-refractivity contribution in [2.75, 3.05) is 58.4 Å². The lowest BCUT2D eigenvalue weighted by Gasteiger charge is -2.30. The predicted octanol–water partition coefficient (Wildman–Crippen LogP) is -0.240. The van der Waals surface area contributed by atoms with Crippen LogP contribution in [0.1, 0.15) is 5.56 Å². The topological polar surface area (TPSA) is 82.0 Å². The highest BCUT2D eigenvalue weighted by atomic mass is 16.5. The van der Waals surface area contributed by atoms with Crippen LogP contribution in [0.2, 0.25) is 0 Å². The number of rotatable bonds is 5. The lowest BCUT2D eigenvalue weighted by atomic mass is 10.1.